The molecule has 2 rings (SSSR count). The van der Waals surface area contributed by atoms with Gasteiger partial charge < -0.3 is 15.8 Å². The first kappa shape index (κ1) is 14.5. The first-order valence-corrected chi connectivity index (χ1v) is 6.91. The SMILES string of the molecule is CC(C/C(N)=N/O)N(C)c1ccnc2cc(Br)cnc12. The van der Waals surface area contributed by atoms with Crippen LogP contribution in [-0.2, 0) is 0 Å². The first-order chi connectivity index (χ1) is 9.52. The molecule has 0 radical (unpaired) electrons. The number of nitrogens with two attached hydrogens (primary N) is 1. The van der Waals surface area contributed by atoms with Crippen LogP contribution in [0, 0.1) is 0 Å². The van der Waals surface area contributed by atoms with Gasteiger partial charge in [-0.25, -0.2) is 0 Å². The van der Waals surface area contributed by atoms with Gasteiger partial charge in [0.2, 0.25) is 0 Å². The van der Waals surface area contributed by atoms with Gasteiger partial charge in [0.25, 0.3) is 0 Å². The third kappa shape index (κ3) is 2.98. The number of hydrogen-bond donors (Lipinski definition) is 2. The minimum absolute atomic E-state index is 0.0712. The van der Waals surface area contributed by atoms with Gasteiger partial charge in [-0.3, -0.25) is 9.97 Å². The largest absolute Gasteiger partial charge is 0.409 e. The lowest BCUT2D eigenvalue weighted by molar-refractivity contribution is 0.316. The zero-order valence-corrected chi connectivity index (χ0v) is 12.9. The van der Waals surface area contributed by atoms with E-state index in [1.165, 1.54) is 0 Å². The number of aromatic nitrogens is 2. The predicted molar refractivity (Wildman–Crippen MR) is 83.1 cm³/mol. The van der Waals surface area contributed by atoms with E-state index in [-0.39, 0.29) is 11.9 Å². The Hall–Kier alpha value is -1.89. The maximum atomic E-state index is 8.66. The fourth-order valence-electron chi connectivity index (χ4n) is 1.99. The molecule has 7 heteroatoms. The second kappa shape index (κ2) is 6.04. The Morgan fingerprint density at radius 2 is 2.30 bits per heavy atom. The molecule has 6 nitrogen and oxygen atoms in total. The molecule has 0 aromatic carbocycles. The highest BCUT2D eigenvalue weighted by Gasteiger charge is 2.15. The van der Waals surface area contributed by atoms with Crippen molar-refractivity contribution in [3.8, 4) is 0 Å². The molecule has 1 unspecified atom stereocenters. The Balaban J connectivity index is 2.37. The number of hydrogen-bond acceptors (Lipinski definition) is 5. The minimum atomic E-state index is 0.0712. The van der Waals surface area contributed by atoms with Crippen molar-refractivity contribution in [3.63, 3.8) is 0 Å². The van der Waals surface area contributed by atoms with Gasteiger partial charge in [0, 0.05) is 36.4 Å². The van der Waals surface area contributed by atoms with Crippen LogP contribution in [0.1, 0.15) is 13.3 Å². The first-order valence-electron chi connectivity index (χ1n) is 6.12. The van der Waals surface area contributed by atoms with Crippen molar-refractivity contribution in [1.29, 1.82) is 0 Å². The number of anilines is 1. The van der Waals surface area contributed by atoms with Crippen molar-refractivity contribution >= 4 is 38.5 Å². The average Bonchev–Trinajstić information content (AvgIpc) is 2.45. The minimum Gasteiger partial charge on any atom is -0.409 e. The maximum absolute atomic E-state index is 8.66. The molecule has 106 valence electrons. The van der Waals surface area contributed by atoms with Crippen molar-refractivity contribution in [1.82, 2.24) is 9.97 Å². The Morgan fingerprint density at radius 1 is 1.55 bits per heavy atom. The summed E-state index contributed by atoms with van der Waals surface area (Å²) in [6.07, 6.45) is 3.96. The molecule has 0 aliphatic rings. The summed E-state index contributed by atoms with van der Waals surface area (Å²) in [5.41, 5.74) is 8.16. The molecular formula is C13H16BrN5O. The highest BCUT2D eigenvalue weighted by Crippen LogP contribution is 2.26. The maximum Gasteiger partial charge on any atom is 0.141 e. The molecule has 2 heterocycles. The molecule has 0 saturated heterocycles. The van der Waals surface area contributed by atoms with Crippen LogP contribution >= 0.6 is 15.9 Å². The monoisotopic (exact) mass is 337 g/mol. The Labute approximate surface area is 125 Å². The number of nitrogens with zero attached hydrogens (tertiary/aromatic N) is 4. The number of amidine groups is 1. The van der Waals surface area contributed by atoms with Crippen LogP contribution in [0.25, 0.3) is 11.0 Å². The standard InChI is InChI=1S/C13H16BrN5O/c1-8(5-12(15)18-20)19(2)11-3-4-16-10-6-9(14)7-17-13(10)11/h3-4,6-8,20H,5H2,1-2H3,(H2,15,18). The molecule has 1 atom stereocenters. The second-order valence-corrected chi connectivity index (χ2v) is 5.52. The van der Waals surface area contributed by atoms with Crippen LogP contribution in [0.2, 0.25) is 0 Å². The summed E-state index contributed by atoms with van der Waals surface area (Å²) in [6.45, 7) is 2.00. The number of halogens is 1. The Morgan fingerprint density at radius 3 is 3.00 bits per heavy atom. The fraction of sp³-hybridized carbons (Fsp3) is 0.308. The molecule has 0 saturated carbocycles. The van der Waals surface area contributed by atoms with Gasteiger partial charge in [-0.1, -0.05) is 5.16 Å². The van der Waals surface area contributed by atoms with Gasteiger partial charge in [0.1, 0.15) is 11.4 Å². The van der Waals surface area contributed by atoms with E-state index in [2.05, 4.69) is 31.1 Å². The fourth-order valence-corrected chi connectivity index (χ4v) is 2.31. The van der Waals surface area contributed by atoms with E-state index in [9.17, 15) is 0 Å². The summed E-state index contributed by atoms with van der Waals surface area (Å²) in [4.78, 5) is 10.8. The van der Waals surface area contributed by atoms with Crippen molar-refractivity contribution in [2.45, 2.75) is 19.4 Å². The highest BCUT2D eigenvalue weighted by atomic mass is 79.9. The van der Waals surface area contributed by atoms with Crippen molar-refractivity contribution in [2.75, 3.05) is 11.9 Å². The zero-order valence-electron chi connectivity index (χ0n) is 11.3. The summed E-state index contributed by atoms with van der Waals surface area (Å²) < 4.78 is 0.891. The zero-order chi connectivity index (χ0) is 14.7. The number of pyridine rings is 2. The third-order valence-electron chi connectivity index (χ3n) is 3.20. The van der Waals surface area contributed by atoms with E-state index in [0.29, 0.717) is 6.42 Å². The molecule has 0 aliphatic heterocycles. The smallest absolute Gasteiger partial charge is 0.141 e. The molecule has 0 amide bonds. The van der Waals surface area contributed by atoms with E-state index < -0.39 is 0 Å². The number of rotatable bonds is 4. The van der Waals surface area contributed by atoms with E-state index in [4.69, 9.17) is 10.9 Å². The summed E-state index contributed by atoms with van der Waals surface area (Å²) in [5.74, 6) is 0.207. The lowest BCUT2D eigenvalue weighted by Gasteiger charge is -2.27. The summed E-state index contributed by atoms with van der Waals surface area (Å²) in [6, 6.07) is 3.90. The van der Waals surface area contributed by atoms with Crippen molar-refractivity contribution in [2.24, 2.45) is 10.9 Å². The normalized spacial score (nSPS) is 13.4. The Bertz CT molecular complexity index is 646. The summed E-state index contributed by atoms with van der Waals surface area (Å²) >= 11 is 3.39. The predicted octanol–water partition coefficient (Wildman–Crippen LogP) is 2.35. The van der Waals surface area contributed by atoms with E-state index in [1.54, 1.807) is 12.4 Å². The molecular weight excluding hydrogens is 322 g/mol. The second-order valence-electron chi connectivity index (χ2n) is 4.61. The van der Waals surface area contributed by atoms with Crippen molar-refractivity contribution < 1.29 is 5.21 Å². The summed E-state index contributed by atoms with van der Waals surface area (Å²) in [5, 5.41) is 11.7. The van der Waals surface area contributed by atoms with Crippen LogP contribution in [0.4, 0.5) is 5.69 Å². The molecule has 0 bridgehead atoms. The van der Waals surface area contributed by atoms with Crippen LogP contribution in [-0.4, -0.2) is 34.1 Å². The van der Waals surface area contributed by atoms with Gasteiger partial charge in [-0.15, -0.1) is 0 Å². The number of fused-ring (bicyclic) bond motifs is 1. The molecule has 2 aromatic heterocycles. The van der Waals surface area contributed by atoms with Crippen LogP contribution < -0.4 is 10.6 Å². The van der Waals surface area contributed by atoms with E-state index in [0.717, 1.165) is 21.2 Å². The van der Waals surface area contributed by atoms with Gasteiger partial charge in [-0.05, 0) is 35.0 Å². The molecule has 0 aliphatic carbocycles. The van der Waals surface area contributed by atoms with Crippen LogP contribution in [0.5, 0.6) is 0 Å². The molecule has 20 heavy (non-hydrogen) atoms. The average molecular weight is 338 g/mol. The van der Waals surface area contributed by atoms with Crippen LogP contribution in [0.15, 0.2) is 34.2 Å². The van der Waals surface area contributed by atoms with Gasteiger partial charge >= 0.3 is 0 Å². The third-order valence-corrected chi connectivity index (χ3v) is 3.63. The lowest BCUT2D eigenvalue weighted by atomic mass is 10.1. The Kier molecular flexibility index (Phi) is 4.39. The van der Waals surface area contributed by atoms with Gasteiger partial charge in [0.15, 0.2) is 0 Å². The summed E-state index contributed by atoms with van der Waals surface area (Å²) in [7, 11) is 1.95. The lowest BCUT2D eigenvalue weighted by Crippen LogP contribution is -2.33. The number of oxime groups is 1. The molecule has 2 aromatic rings. The van der Waals surface area contributed by atoms with E-state index in [1.807, 2.05) is 31.0 Å². The van der Waals surface area contributed by atoms with Gasteiger partial charge in [0.05, 0.1) is 11.2 Å². The van der Waals surface area contributed by atoms with Crippen molar-refractivity contribution in [3.05, 3.63) is 29.0 Å². The highest BCUT2D eigenvalue weighted by molar-refractivity contribution is 9.10. The van der Waals surface area contributed by atoms with E-state index >= 15 is 0 Å². The van der Waals surface area contributed by atoms with Crippen LogP contribution in [0.3, 0.4) is 0 Å². The topological polar surface area (TPSA) is 87.6 Å². The quantitative estimate of drug-likeness (QED) is 0.387. The molecule has 0 spiro atoms. The molecule has 0 fully saturated rings. The van der Waals surface area contributed by atoms with Gasteiger partial charge in [-0.2, -0.15) is 0 Å². The molecule has 3 N–H and O–H groups in total.